The van der Waals surface area contributed by atoms with Gasteiger partial charge in [-0.1, -0.05) is 22.0 Å². The van der Waals surface area contributed by atoms with Gasteiger partial charge in [0, 0.05) is 22.3 Å². The third-order valence-corrected chi connectivity index (χ3v) is 3.77. The molecule has 9 heteroatoms. The summed E-state index contributed by atoms with van der Waals surface area (Å²) in [7, 11) is 0. The molecule has 0 atom stereocenters. The van der Waals surface area contributed by atoms with E-state index in [1.807, 2.05) is 0 Å². The zero-order valence-electron chi connectivity index (χ0n) is 13.1. The van der Waals surface area contributed by atoms with E-state index < -0.39 is 23.4 Å². The lowest BCUT2D eigenvalue weighted by molar-refractivity contribution is -0.384. The van der Waals surface area contributed by atoms with Gasteiger partial charge in [0.25, 0.3) is 11.6 Å². The minimum Gasteiger partial charge on any atom is -0.452 e. The average molecular weight is 408 g/mol. The van der Waals surface area contributed by atoms with Crippen molar-refractivity contribution in [2.45, 2.75) is 6.92 Å². The number of non-ortho nitro benzene ring substituents is 1. The molecule has 25 heavy (non-hydrogen) atoms. The van der Waals surface area contributed by atoms with Crippen LogP contribution < -0.4 is 11.1 Å². The highest BCUT2D eigenvalue weighted by Crippen LogP contribution is 2.22. The molecule has 0 aliphatic carbocycles. The second kappa shape index (κ2) is 7.75. The van der Waals surface area contributed by atoms with Crippen LogP contribution in [-0.2, 0) is 9.53 Å². The Balaban J connectivity index is 2.01. The lowest BCUT2D eigenvalue weighted by atomic mass is 10.2. The highest BCUT2D eigenvalue weighted by atomic mass is 79.9. The molecule has 1 amide bonds. The Hall–Kier alpha value is -2.94. The van der Waals surface area contributed by atoms with Crippen LogP contribution in [0.4, 0.5) is 17.1 Å². The van der Waals surface area contributed by atoms with E-state index in [1.54, 1.807) is 13.0 Å². The number of nitrogens with one attached hydrogen (secondary N) is 1. The SMILES string of the molecule is Cc1ccc([N+](=O)[O-])cc1NC(=O)COC(=O)c1cc(Br)ccc1N. The lowest BCUT2D eigenvalue weighted by Crippen LogP contribution is -2.21. The minimum atomic E-state index is -0.746. The number of aryl methyl sites for hydroxylation is 1. The minimum absolute atomic E-state index is 0.133. The molecular formula is C16H14BrN3O5. The van der Waals surface area contributed by atoms with Crippen LogP contribution in [0.5, 0.6) is 0 Å². The van der Waals surface area contributed by atoms with Gasteiger partial charge in [-0.05, 0) is 30.7 Å². The van der Waals surface area contributed by atoms with Crippen molar-refractivity contribution < 1.29 is 19.2 Å². The van der Waals surface area contributed by atoms with Crippen LogP contribution in [0.1, 0.15) is 15.9 Å². The molecule has 0 aliphatic rings. The van der Waals surface area contributed by atoms with Crippen molar-refractivity contribution in [2.24, 2.45) is 0 Å². The Kier molecular flexibility index (Phi) is 5.71. The first-order chi connectivity index (χ1) is 11.8. The van der Waals surface area contributed by atoms with E-state index in [9.17, 15) is 19.7 Å². The number of nitrogen functional groups attached to an aromatic ring is 1. The first kappa shape index (κ1) is 18.4. The third kappa shape index (κ3) is 4.77. The smallest absolute Gasteiger partial charge is 0.340 e. The summed E-state index contributed by atoms with van der Waals surface area (Å²) in [5, 5.41) is 13.3. The number of nitro groups is 1. The largest absolute Gasteiger partial charge is 0.452 e. The summed E-state index contributed by atoms with van der Waals surface area (Å²) in [6, 6.07) is 8.78. The van der Waals surface area contributed by atoms with Gasteiger partial charge in [0.2, 0.25) is 0 Å². The number of hydrogen-bond donors (Lipinski definition) is 2. The Morgan fingerprint density at radius 2 is 2.00 bits per heavy atom. The van der Waals surface area contributed by atoms with Crippen molar-refractivity contribution in [2.75, 3.05) is 17.7 Å². The predicted molar refractivity (Wildman–Crippen MR) is 95.3 cm³/mol. The van der Waals surface area contributed by atoms with Crippen molar-refractivity contribution in [3.63, 3.8) is 0 Å². The Labute approximate surface area is 151 Å². The molecule has 130 valence electrons. The zero-order chi connectivity index (χ0) is 18.6. The molecule has 0 saturated heterocycles. The van der Waals surface area contributed by atoms with Gasteiger partial charge in [0.1, 0.15) is 0 Å². The number of halogens is 1. The van der Waals surface area contributed by atoms with Gasteiger partial charge in [-0.25, -0.2) is 4.79 Å². The summed E-state index contributed by atoms with van der Waals surface area (Å²) < 4.78 is 5.57. The van der Waals surface area contributed by atoms with Crippen LogP contribution in [0.2, 0.25) is 0 Å². The van der Waals surface area contributed by atoms with Crippen molar-refractivity contribution >= 4 is 44.9 Å². The van der Waals surface area contributed by atoms with Crippen LogP contribution in [0.15, 0.2) is 40.9 Å². The first-order valence-electron chi connectivity index (χ1n) is 7.05. The number of carbonyl (C=O) groups excluding carboxylic acids is 2. The summed E-state index contributed by atoms with van der Waals surface area (Å²) >= 11 is 3.22. The Morgan fingerprint density at radius 3 is 2.68 bits per heavy atom. The average Bonchev–Trinajstić information content (AvgIpc) is 2.56. The summed E-state index contributed by atoms with van der Waals surface area (Å²) in [6.07, 6.45) is 0. The number of nitrogens with two attached hydrogens (primary N) is 1. The van der Waals surface area contributed by atoms with E-state index in [4.69, 9.17) is 10.5 Å². The fraction of sp³-hybridized carbons (Fsp3) is 0.125. The van der Waals surface area contributed by atoms with Gasteiger partial charge in [-0.15, -0.1) is 0 Å². The van der Waals surface area contributed by atoms with Crippen molar-refractivity contribution in [1.29, 1.82) is 0 Å². The highest BCUT2D eigenvalue weighted by Gasteiger charge is 2.15. The summed E-state index contributed by atoms with van der Waals surface area (Å²) in [6.45, 7) is 1.14. The fourth-order valence-corrected chi connectivity index (χ4v) is 2.32. The molecular weight excluding hydrogens is 394 g/mol. The number of esters is 1. The lowest BCUT2D eigenvalue weighted by Gasteiger charge is -2.10. The number of amides is 1. The second-order valence-electron chi connectivity index (χ2n) is 5.11. The van der Waals surface area contributed by atoms with Gasteiger partial charge >= 0.3 is 5.97 Å². The number of nitrogens with zero attached hydrogens (tertiary/aromatic N) is 1. The number of benzene rings is 2. The Morgan fingerprint density at radius 1 is 1.28 bits per heavy atom. The standard InChI is InChI=1S/C16H14BrN3O5/c1-9-2-4-11(20(23)24)7-14(9)19-15(21)8-25-16(22)12-6-10(17)3-5-13(12)18/h2-7H,8,18H2,1H3,(H,19,21). The van der Waals surface area contributed by atoms with Crippen LogP contribution >= 0.6 is 15.9 Å². The number of nitro benzene ring substituents is 1. The van der Waals surface area contributed by atoms with Gasteiger partial charge in [-0.3, -0.25) is 14.9 Å². The van der Waals surface area contributed by atoms with Gasteiger partial charge < -0.3 is 15.8 Å². The van der Waals surface area contributed by atoms with Gasteiger partial charge in [-0.2, -0.15) is 0 Å². The van der Waals surface area contributed by atoms with E-state index in [0.29, 0.717) is 10.0 Å². The number of anilines is 2. The first-order valence-corrected chi connectivity index (χ1v) is 7.84. The molecule has 0 heterocycles. The number of rotatable bonds is 5. The summed E-state index contributed by atoms with van der Waals surface area (Å²) in [4.78, 5) is 34.2. The van der Waals surface area contributed by atoms with Gasteiger partial charge in [0.05, 0.1) is 16.2 Å². The highest BCUT2D eigenvalue weighted by molar-refractivity contribution is 9.10. The third-order valence-electron chi connectivity index (χ3n) is 3.28. The fourth-order valence-electron chi connectivity index (χ4n) is 1.96. The van der Waals surface area contributed by atoms with Crippen molar-refractivity contribution in [3.05, 3.63) is 62.1 Å². The number of carbonyl (C=O) groups is 2. The molecule has 0 aliphatic heterocycles. The maximum absolute atomic E-state index is 12.0. The molecule has 0 aromatic heterocycles. The molecule has 2 aromatic rings. The molecule has 0 saturated carbocycles. The topological polar surface area (TPSA) is 125 Å². The molecule has 0 fully saturated rings. The van der Waals surface area contributed by atoms with Crippen LogP contribution in [0.3, 0.4) is 0 Å². The molecule has 2 rings (SSSR count). The monoisotopic (exact) mass is 407 g/mol. The molecule has 0 spiro atoms. The van der Waals surface area contributed by atoms with Crippen molar-refractivity contribution in [3.8, 4) is 0 Å². The van der Waals surface area contributed by atoms with Gasteiger partial charge in [0.15, 0.2) is 6.61 Å². The molecule has 0 radical (unpaired) electrons. The van der Waals surface area contributed by atoms with E-state index in [1.165, 1.54) is 30.3 Å². The maximum atomic E-state index is 12.0. The second-order valence-corrected chi connectivity index (χ2v) is 6.03. The molecule has 2 aromatic carbocycles. The predicted octanol–water partition coefficient (Wildman–Crippen LogP) is 3.04. The van der Waals surface area contributed by atoms with E-state index in [-0.39, 0.29) is 22.6 Å². The Bertz CT molecular complexity index is 854. The molecule has 0 bridgehead atoms. The summed E-state index contributed by atoms with van der Waals surface area (Å²) in [5.74, 6) is -1.37. The van der Waals surface area contributed by atoms with E-state index in [2.05, 4.69) is 21.2 Å². The molecule has 3 N–H and O–H groups in total. The summed E-state index contributed by atoms with van der Waals surface area (Å²) in [5.41, 5.74) is 6.82. The number of hydrogen-bond acceptors (Lipinski definition) is 6. The van der Waals surface area contributed by atoms with E-state index >= 15 is 0 Å². The van der Waals surface area contributed by atoms with Crippen LogP contribution in [-0.4, -0.2) is 23.4 Å². The quantitative estimate of drug-likeness (QED) is 0.339. The maximum Gasteiger partial charge on any atom is 0.340 e. The molecule has 8 nitrogen and oxygen atoms in total. The normalized spacial score (nSPS) is 10.2. The van der Waals surface area contributed by atoms with E-state index in [0.717, 1.165) is 0 Å². The zero-order valence-corrected chi connectivity index (χ0v) is 14.7. The van der Waals surface area contributed by atoms with Crippen molar-refractivity contribution in [1.82, 2.24) is 0 Å². The van der Waals surface area contributed by atoms with Crippen LogP contribution in [0.25, 0.3) is 0 Å². The number of ether oxygens (including phenoxy) is 1. The molecule has 0 unspecified atom stereocenters. The van der Waals surface area contributed by atoms with Crippen LogP contribution in [0, 0.1) is 17.0 Å².